The van der Waals surface area contributed by atoms with E-state index in [9.17, 15) is 0 Å². The van der Waals surface area contributed by atoms with Gasteiger partial charge in [-0.25, -0.2) is 9.97 Å². The van der Waals surface area contributed by atoms with E-state index < -0.39 is 0 Å². The summed E-state index contributed by atoms with van der Waals surface area (Å²) in [6.07, 6.45) is 16.4. The predicted molar refractivity (Wildman–Crippen MR) is 110 cm³/mol. The summed E-state index contributed by atoms with van der Waals surface area (Å²) >= 11 is 0. The summed E-state index contributed by atoms with van der Waals surface area (Å²) in [5.41, 5.74) is 3.63. The topological polar surface area (TPSA) is 25.8 Å². The van der Waals surface area contributed by atoms with Crippen LogP contribution < -0.4 is 0 Å². The number of rotatable bonds is 10. The number of aromatic nitrogens is 2. The maximum atomic E-state index is 4.38. The molecule has 1 aromatic carbocycles. The summed E-state index contributed by atoms with van der Waals surface area (Å²) in [4.78, 5) is 8.77. The molecular formula is C24H32N2. The largest absolute Gasteiger partial charge is 0.229 e. The minimum absolute atomic E-state index is 0.603. The van der Waals surface area contributed by atoms with Crippen LogP contribution >= 0.6 is 0 Å². The van der Waals surface area contributed by atoms with Crippen molar-refractivity contribution in [3.05, 3.63) is 59.2 Å². The van der Waals surface area contributed by atoms with Crippen molar-refractivity contribution in [1.29, 1.82) is 0 Å². The highest BCUT2D eigenvalue weighted by atomic mass is 14.8. The third kappa shape index (κ3) is 7.83. The number of aryl methyl sites for hydroxylation is 2. The fraction of sp³-hybridized carbons (Fsp3) is 0.500. The molecule has 0 saturated heterocycles. The molecule has 1 aromatic heterocycles. The highest BCUT2D eigenvalue weighted by Crippen LogP contribution is 2.10. The van der Waals surface area contributed by atoms with Crippen molar-refractivity contribution in [2.45, 2.75) is 78.1 Å². The summed E-state index contributed by atoms with van der Waals surface area (Å²) in [6.45, 7) is 4.48. The van der Waals surface area contributed by atoms with Gasteiger partial charge in [-0.1, -0.05) is 70.4 Å². The van der Waals surface area contributed by atoms with Crippen LogP contribution in [0.25, 0.3) is 0 Å². The molecule has 0 fully saturated rings. The van der Waals surface area contributed by atoms with Crippen LogP contribution in [0.3, 0.4) is 0 Å². The van der Waals surface area contributed by atoms with Gasteiger partial charge in [-0.2, -0.15) is 0 Å². The zero-order chi connectivity index (χ0) is 18.5. The van der Waals surface area contributed by atoms with Gasteiger partial charge in [-0.15, -0.1) is 0 Å². The van der Waals surface area contributed by atoms with E-state index in [4.69, 9.17) is 0 Å². The molecule has 2 nitrogen and oxygen atoms in total. The van der Waals surface area contributed by atoms with Crippen molar-refractivity contribution < 1.29 is 0 Å². The third-order valence-corrected chi connectivity index (χ3v) is 4.62. The van der Waals surface area contributed by atoms with Gasteiger partial charge in [0.1, 0.15) is 0 Å². The summed E-state index contributed by atoms with van der Waals surface area (Å²) in [6, 6.07) is 8.58. The molecule has 0 aliphatic rings. The molecule has 0 aliphatic heterocycles. The van der Waals surface area contributed by atoms with Gasteiger partial charge in [0.05, 0.1) is 0 Å². The molecule has 0 radical (unpaired) electrons. The fourth-order valence-electron chi connectivity index (χ4n) is 2.94. The number of nitrogens with zero attached hydrogens (tertiary/aromatic N) is 2. The maximum absolute atomic E-state index is 4.38. The maximum Gasteiger partial charge on any atom is 0.205 e. The van der Waals surface area contributed by atoms with Crippen molar-refractivity contribution in [3.63, 3.8) is 0 Å². The highest BCUT2D eigenvalue weighted by molar-refractivity contribution is 5.39. The molecule has 0 saturated carbocycles. The van der Waals surface area contributed by atoms with Crippen molar-refractivity contribution in [2.75, 3.05) is 0 Å². The van der Waals surface area contributed by atoms with Crippen LogP contribution in [0.5, 0.6) is 0 Å². The number of hydrogen-bond acceptors (Lipinski definition) is 2. The average molecular weight is 349 g/mol. The standard InChI is InChI=1S/C24H32N2/c1-3-5-7-9-11-21-13-15-22(16-14-21)17-18-24-25-19-23(20-26-24)12-10-8-6-4-2/h13-16,19-20H,3-12H2,1-2H3. The number of unbranched alkanes of at least 4 members (excludes halogenated alkanes) is 6. The molecule has 0 amide bonds. The molecule has 26 heavy (non-hydrogen) atoms. The first-order valence-corrected chi connectivity index (χ1v) is 10.2. The lowest BCUT2D eigenvalue weighted by Crippen LogP contribution is -1.93. The highest BCUT2D eigenvalue weighted by Gasteiger charge is 1.97. The van der Waals surface area contributed by atoms with Crippen LogP contribution in [0.1, 0.15) is 87.7 Å². The molecule has 0 atom stereocenters. The van der Waals surface area contributed by atoms with Crippen LogP contribution in [-0.4, -0.2) is 9.97 Å². The minimum atomic E-state index is 0.603. The molecule has 0 N–H and O–H groups in total. The second kappa shape index (κ2) is 12.3. The second-order valence-corrected chi connectivity index (χ2v) is 6.98. The number of benzene rings is 1. The Morgan fingerprint density at radius 1 is 0.654 bits per heavy atom. The zero-order valence-electron chi connectivity index (χ0n) is 16.4. The van der Waals surface area contributed by atoms with Gasteiger partial charge in [0.15, 0.2) is 0 Å². The molecular weight excluding hydrogens is 316 g/mol. The third-order valence-electron chi connectivity index (χ3n) is 4.62. The molecule has 0 unspecified atom stereocenters. The molecule has 2 aromatic rings. The van der Waals surface area contributed by atoms with Gasteiger partial charge >= 0.3 is 0 Å². The van der Waals surface area contributed by atoms with E-state index in [0.29, 0.717) is 5.82 Å². The quantitative estimate of drug-likeness (QED) is 0.382. The Morgan fingerprint density at radius 2 is 1.23 bits per heavy atom. The SMILES string of the molecule is CCCCCCc1ccc(C#Cc2ncc(CCCCCC)cn2)cc1. The van der Waals surface area contributed by atoms with E-state index in [1.54, 1.807) is 0 Å². The van der Waals surface area contributed by atoms with Crippen molar-refractivity contribution in [2.24, 2.45) is 0 Å². The molecule has 0 aliphatic carbocycles. The first-order valence-electron chi connectivity index (χ1n) is 10.2. The van der Waals surface area contributed by atoms with Gasteiger partial charge in [0.2, 0.25) is 5.82 Å². The zero-order valence-corrected chi connectivity index (χ0v) is 16.4. The van der Waals surface area contributed by atoms with Gasteiger partial charge in [0, 0.05) is 18.0 Å². The van der Waals surface area contributed by atoms with E-state index in [2.05, 4.69) is 59.9 Å². The lowest BCUT2D eigenvalue weighted by atomic mass is 10.0. The number of hydrogen-bond donors (Lipinski definition) is 0. The molecule has 2 heteroatoms. The van der Waals surface area contributed by atoms with Crippen LogP contribution in [-0.2, 0) is 12.8 Å². The predicted octanol–water partition coefficient (Wildman–Crippen LogP) is 6.12. The van der Waals surface area contributed by atoms with Crippen molar-refractivity contribution in [1.82, 2.24) is 9.97 Å². The Morgan fingerprint density at radius 3 is 1.81 bits per heavy atom. The summed E-state index contributed by atoms with van der Waals surface area (Å²) < 4.78 is 0. The minimum Gasteiger partial charge on any atom is -0.229 e. The van der Waals surface area contributed by atoms with Gasteiger partial charge < -0.3 is 0 Å². The summed E-state index contributed by atoms with van der Waals surface area (Å²) in [7, 11) is 0. The monoisotopic (exact) mass is 348 g/mol. The van der Waals surface area contributed by atoms with E-state index in [1.807, 2.05) is 12.4 Å². The van der Waals surface area contributed by atoms with Crippen LogP contribution in [0.2, 0.25) is 0 Å². The smallest absolute Gasteiger partial charge is 0.205 e. The molecule has 0 bridgehead atoms. The molecule has 1 heterocycles. The fourth-order valence-corrected chi connectivity index (χ4v) is 2.94. The summed E-state index contributed by atoms with van der Waals surface area (Å²) in [5.74, 6) is 6.84. The van der Waals surface area contributed by atoms with Gasteiger partial charge in [-0.05, 0) is 54.9 Å². The van der Waals surface area contributed by atoms with Crippen LogP contribution in [0.4, 0.5) is 0 Å². The lowest BCUT2D eigenvalue weighted by Gasteiger charge is -2.01. The Hall–Kier alpha value is -2.14. The van der Waals surface area contributed by atoms with Crippen molar-refractivity contribution in [3.8, 4) is 11.8 Å². The van der Waals surface area contributed by atoms with Gasteiger partial charge in [-0.3, -0.25) is 0 Å². The first kappa shape index (κ1) is 20.2. The van der Waals surface area contributed by atoms with E-state index in [1.165, 1.54) is 62.5 Å². The first-order chi connectivity index (χ1) is 12.8. The van der Waals surface area contributed by atoms with E-state index in [0.717, 1.165) is 18.4 Å². The average Bonchev–Trinajstić information content (AvgIpc) is 2.69. The Bertz CT molecular complexity index is 615. The van der Waals surface area contributed by atoms with Crippen molar-refractivity contribution >= 4 is 0 Å². The van der Waals surface area contributed by atoms with E-state index in [-0.39, 0.29) is 0 Å². The van der Waals surface area contributed by atoms with Gasteiger partial charge in [0.25, 0.3) is 0 Å². The molecule has 138 valence electrons. The summed E-state index contributed by atoms with van der Waals surface area (Å²) in [5, 5.41) is 0. The molecule has 0 spiro atoms. The van der Waals surface area contributed by atoms with Crippen LogP contribution in [0, 0.1) is 11.8 Å². The second-order valence-electron chi connectivity index (χ2n) is 6.98. The Balaban J connectivity index is 1.82. The Kier molecular flexibility index (Phi) is 9.51. The van der Waals surface area contributed by atoms with Crippen LogP contribution in [0.15, 0.2) is 36.7 Å². The lowest BCUT2D eigenvalue weighted by molar-refractivity contribution is 0.665. The van der Waals surface area contributed by atoms with E-state index >= 15 is 0 Å². The normalized spacial score (nSPS) is 10.4. The Labute approximate surface area is 159 Å². The molecule has 2 rings (SSSR count).